The Morgan fingerprint density at radius 1 is 0.577 bits per heavy atom. The molecule has 0 bridgehead atoms. The maximum atomic E-state index is 12.6. The highest BCUT2D eigenvalue weighted by atomic mass is 31.2. The number of hydrogen-bond acceptors (Lipinski definition) is 9. The van der Waals surface area contributed by atoms with Gasteiger partial charge in [-0.2, -0.15) is 0 Å². The Hall–Kier alpha value is -1.55. The summed E-state index contributed by atoms with van der Waals surface area (Å²) in [6, 6.07) is 0. The summed E-state index contributed by atoms with van der Waals surface area (Å²) in [6.07, 6.45) is 35.7. The van der Waals surface area contributed by atoms with E-state index < -0.39 is 51.8 Å². The highest BCUT2D eigenvalue weighted by molar-refractivity contribution is 7.47. The minimum Gasteiger partial charge on any atom is -0.462 e. The fourth-order valence-electron chi connectivity index (χ4n) is 5.60. The van der Waals surface area contributed by atoms with Crippen molar-refractivity contribution in [1.29, 1.82) is 0 Å². The number of esters is 2. The van der Waals surface area contributed by atoms with Crippen molar-refractivity contribution in [2.45, 2.75) is 199 Å². The molecular formula is C41H77O10P. The number of phosphoric acid groups is 1. The minimum atomic E-state index is -4.61. The zero-order valence-electron chi connectivity index (χ0n) is 33.0. The predicted octanol–water partition coefficient (Wildman–Crippen LogP) is 10.6. The smallest absolute Gasteiger partial charge is 0.462 e. The monoisotopic (exact) mass is 761 g/mol. The molecule has 0 aliphatic rings. The number of allylic oxidation sites excluding steroid dienone is 4. The second-order valence-electron chi connectivity index (χ2n) is 14.0. The second-order valence-corrected chi connectivity index (χ2v) is 15.5. The number of phosphoric ester groups is 1. The summed E-state index contributed by atoms with van der Waals surface area (Å²) < 4.78 is 32.6. The molecule has 10 nitrogen and oxygen atoms in total. The summed E-state index contributed by atoms with van der Waals surface area (Å²) in [5.41, 5.74) is 0. The summed E-state index contributed by atoms with van der Waals surface area (Å²) >= 11 is 0. The Kier molecular flexibility index (Phi) is 36.6. The first kappa shape index (κ1) is 50.5. The molecule has 1 unspecified atom stereocenters. The molecule has 0 saturated heterocycles. The van der Waals surface area contributed by atoms with Crippen LogP contribution in [0.4, 0.5) is 0 Å². The average molecular weight is 761 g/mol. The standard InChI is InChI=1S/C41H77O10P/c1-3-5-7-9-11-13-15-17-19-21-22-24-26-28-30-32-40(44)48-36-39(37-50-52(46,47)49-35-38(43)34-42)51-41(45)33-31-29-27-25-23-20-18-16-14-12-10-8-6-4-2/h10,12,16,18,38-39,42-43H,3-9,11,13-15,17,19-37H2,1-2H3,(H,46,47)/b12-10+,18-16+/t38-,39+/m0/s1. The van der Waals surface area contributed by atoms with Crippen molar-refractivity contribution < 1.29 is 47.8 Å². The van der Waals surface area contributed by atoms with E-state index in [-0.39, 0.29) is 19.4 Å². The first-order chi connectivity index (χ1) is 25.2. The molecule has 0 radical (unpaired) electrons. The summed E-state index contributed by atoms with van der Waals surface area (Å²) in [5, 5.41) is 18.3. The molecule has 0 aliphatic carbocycles. The van der Waals surface area contributed by atoms with Crippen molar-refractivity contribution in [3.05, 3.63) is 24.3 Å². The van der Waals surface area contributed by atoms with Gasteiger partial charge in [-0.1, -0.05) is 160 Å². The Balaban J connectivity index is 4.32. The molecule has 0 fully saturated rings. The van der Waals surface area contributed by atoms with Crippen molar-refractivity contribution in [3.8, 4) is 0 Å². The van der Waals surface area contributed by atoms with Gasteiger partial charge >= 0.3 is 19.8 Å². The van der Waals surface area contributed by atoms with E-state index in [9.17, 15) is 24.2 Å². The Morgan fingerprint density at radius 2 is 1.02 bits per heavy atom. The first-order valence-electron chi connectivity index (χ1n) is 20.8. The molecule has 0 aromatic heterocycles. The summed E-state index contributed by atoms with van der Waals surface area (Å²) in [4.78, 5) is 34.9. The maximum absolute atomic E-state index is 12.6. The predicted molar refractivity (Wildman–Crippen MR) is 210 cm³/mol. The lowest BCUT2D eigenvalue weighted by Gasteiger charge is -2.20. The Labute approximate surface area is 317 Å². The van der Waals surface area contributed by atoms with E-state index >= 15 is 0 Å². The summed E-state index contributed by atoms with van der Waals surface area (Å²) in [7, 11) is -4.61. The van der Waals surface area contributed by atoms with Gasteiger partial charge in [0.2, 0.25) is 0 Å². The molecular weight excluding hydrogens is 683 g/mol. The third-order valence-corrected chi connectivity index (χ3v) is 9.81. The zero-order valence-corrected chi connectivity index (χ0v) is 33.9. The van der Waals surface area contributed by atoms with Gasteiger partial charge in [-0.25, -0.2) is 4.57 Å². The Bertz CT molecular complexity index is 925. The number of aliphatic hydroxyl groups is 2. The van der Waals surface area contributed by atoms with Gasteiger partial charge in [0, 0.05) is 12.8 Å². The number of aliphatic hydroxyl groups excluding tert-OH is 2. The number of carbonyl (C=O) groups excluding carboxylic acids is 2. The van der Waals surface area contributed by atoms with Gasteiger partial charge in [-0.15, -0.1) is 0 Å². The van der Waals surface area contributed by atoms with Gasteiger partial charge in [-0.3, -0.25) is 18.6 Å². The van der Waals surface area contributed by atoms with Gasteiger partial charge in [0.25, 0.3) is 0 Å². The SMILES string of the molecule is CCCC/C=C/C/C=C/CCCCCCCC(=O)O[C@H](COC(=O)CCCCCCCCCCCCCCCCC)COP(=O)(O)OC[C@@H](O)CO. The van der Waals surface area contributed by atoms with Gasteiger partial charge in [0.1, 0.15) is 12.7 Å². The van der Waals surface area contributed by atoms with Crippen LogP contribution >= 0.6 is 7.82 Å². The first-order valence-corrected chi connectivity index (χ1v) is 22.3. The van der Waals surface area contributed by atoms with Gasteiger partial charge in [0.15, 0.2) is 6.10 Å². The quantitative estimate of drug-likeness (QED) is 0.0239. The molecule has 52 heavy (non-hydrogen) atoms. The van der Waals surface area contributed by atoms with Crippen LogP contribution in [-0.4, -0.2) is 65.7 Å². The van der Waals surface area contributed by atoms with E-state index in [4.69, 9.17) is 19.1 Å². The molecule has 0 spiro atoms. The van der Waals surface area contributed by atoms with E-state index in [0.29, 0.717) is 12.8 Å². The third-order valence-electron chi connectivity index (χ3n) is 8.86. The van der Waals surface area contributed by atoms with Crippen LogP contribution < -0.4 is 0 Å². The topological polar surface area (TPSA) is 149 Å². The van der Waals surface area contributed by atoms with Gasteiger partial charge in [-0.05, 0) is 38.5 Å². The molecule has 0 amide bonds. The van der Waals surface area contributed by atoms with Crippen LogP contribution in [0.15, 0.2) is 24.3 Å². The number of unbranched alkanes of at least 4 members (excludes halogenated alkanes) is 21. The van der Waals surface area contributed by atoms with Crippen molar-refractivity contribution in [2.24, 2.45) is 0 Å². The largest absolute Gasteiger partial charge is 0.472 e. The van der Waals surface area contributed by atoms with Crippen LogP contribution in [0.25, 0.3) is 0 Å². The highest BCUT2D eigenvalue weighted by Gasteiger charge is 2.27. The molecule has 0 rings (SSSR count). The van der Waals surface area contributed by atoms with Crippen LogP contribution in [-0.2, 0) is 32.7 Å². The van der Waals surface area contributed by atoms with Gasteiger partial charge in [0.05, 0.1) is 19.8 Å². The number of rotatable bonds is 39. The summed E-state index contributed by atoms with van der Waals surface area (Å²) in [6.45, 7) is 2.33. The number of hydrogen-bond donors (Lipinski definition) is 3. The fraction of sp³-hybridized carbons (Fsp3) is 0.854. The molecule has 0 saturated carbocycles. The van der Waals surface area contributed by atoms with Crippen LogP contribution in [0.1, 0.15) is 187 Å². The van der Waals surface area contributed by atoms with Crippen molar-refractivity contribution in [1.82, 2.24) is 0 Å². The van der Waals surface area contributed by atoms with Gasteiger partial charge < -0.3 is 24.6 Å². The number of ether oxygens (including phenoxy) is 2. The molecule has 3 N–H and O–H groups in total. The molecule has 0 aromatic rings. The molecule has 306 valence electrons. The fourth-order valence-corrected chi connectivity index (χ4v) is 6.39. The second kappa shape index (κ2) is 37.8. The van der Waals surface area contributed by atoms with E-state index in [2.05, 4.69) is 42.7 Å². The molecule has 0 heterocycles. The van der Waals surface area contributed by atoms with E-state index in [1.807, 2.05) is 0 Å². The highest BCUT2D eigenvalue weighted by Crippen LogP contribution is 2.43. The van der Waals surface area contributed by atoms with Crippen LogP contribution in [0.5, 0.6) is 0 Å². The van der Waals surface area contributed by atoms with Crippen molar-refractivity contribution >= 4 is 19.8 Å². The lowest BCUT2D eigenvalue weighted by atomic mass is 10.0. The summed E-state index contributed by atoms with van der Waals surface area (Å²) in [5.74, 6) is -0.935. The minimum absolute atomic E-state index is 0.170. The maximum Gasteiger partial charge on any atom is 0.472 e. The Morgan fingerprint density at radius 3 is 1.54 bits per heavy atom. The van der Waals surface area contributed by atoms with Crippen LogP contribution in [0.3, 0.4) is 0 Å². The zero-order chi connectivity index (χ0) is 38.4. The lowest BCUT2D eigenvalue weighted by molar-refractivity contribution is -0.161. The normalized spacial score (nSPS) is 14.2. The molecule has 3 atom stereocenters. The molecule has 0 aromatic carbocycles. The molecule has 0 aliphatic heterocycles. The average Bonchev–Trinajstić information content (AvgIpc) is 3.13. The number of carbonyl (C=O) groups is 2. The van der Waals surface area contributed by atoms with E-state index in [1.165, 1.54) is 83.5 Å². The van der Waals surface area contributed by atoms with Crippen molar-refractivity contribution in [3.63, 3.8) is 0 Å². The van der Waals surface area contributed by atoms with Crippen LogP contribution in [0, 0.1) is 0 Å². The van der Waals surface area contributed by atoms with E-state index in [1.54, 1.807) is 0 Å². The lowest BCUT2D eigenvalue weighted by Crippen LogP contribution is -2.29. The van der Waals surface area contributed by atoms with E-state index in [0.717, 1.165) is 64.2 Å². The van der Waals surface area contributed by atoms with Crippen LogP contribution in [0.2, 0.25) is 0 Å². The third kappa shape index (κ3) is 36.8. The van der Waals surface area contributed by atoms with Crippen molar-refractivity contribution in [2.75, 3.05) is 26.4 Å². The molecule has 11 heteroatoms.